The molecular weight excluding hydrogens is 399 g/mol. The topological polar surface area (TPSA) is 49.4 Å². The summed E-state index contributed by atoms with van der Waals surface area (Å²) < 4.78 is 14.2. The average molecular weight is 431 g/mol. The molecule has 0 heterocycles. The minimum atomic E-state index is -0.690. The van der Waals surface area contributed by atoms with E-state index in [4.69, 9.17) is 0 Å². The molecule has 0 unspecified atom stereocenters. The van der Waals surface area contributed by atoms with Crippen LogP contribution in [0.25, 0.3) is 0 Å². The molecule has 6 heteroatoms. The number of nitrogens with zero attached hydrogens (tertiary/aromatic N) is 1. The van der Waals surface area contributed by atoms with Crippen molar-refractivity contribution in [3.05, 3.63) is 71.0 Å². The van der Waals surface area contributed by atoms with Gasteiger partial charge in [-0.3, -0.25) is 9.59 Å². The Kier molecular flexibility index (Phi) is 9.37. The highest BCUT2D eigenvalue weighted by Gasteiger charge is 2.27. The van der Waals surface area contributed by atoms with Crippen LogP contribution in [0.3, 0.4) is 0 Å². The second kappa shape index (κ2) is 11.7. The largest absolute Gasteiger partial charge is 0.352 e. The van der Waals surface area contributed by atoms with Crippen molar-refractivity contribution >= 4 is 23.6 Å². The van der Waals surface area contributed by atoms with Crippen LogP contribution in [0.4, 0.5) is 4.39 Å². The van der Waals surface area contributed by atoms with Gasteiger partial charge in [-0.2, -0.15) is 0 Å². The maximum absolute atomic E-state index is 14.2. The molecule has 2 atom stereocenters. The summed E-state index contributed by atoms with van der Waals surface area (Å²) in [6, 6.07) is 13.8. The monoisotopic (exact) mass is 430 g/mol. The molecular formula is C24H31FN2O2S. The van der Waals surface area contributed by atoms with E-state index in [0.717, 1.165) is 6.42 Å². The SMILES string of the molecule is CC[C@@H](C)NC(=O)[C@@H](C)N(Cc1ccccc1F)C(=O)CSCc1ccccc1C. The van der Waals surface area contributed by atoms with Gasteiger partial charge in [0.05, 0.1) is 5.75 Å². The molecule has 0 radical (unpaired) electrons. The molecule has 2 aromatic rings. The minimum Gasteiger partial charge on any atom is -0.352 e. The van der Waals surface area contributed by atoms with Crippen molar-refractivity contribution in [2.45, 2.75) is 58.5 Å². The predicted molar refractivity (Wildman–Crippen MR) is 122 cm³/mol. The van der Waals surface area contributed by atoms with Gasteiger partial charge in [-0.15, -0.1) is 11.8 Å². The van der Waals surface area contributed by atoms with Gasteiger partial charge in [0.1, 0.15) is 11.9 Å². The third kappa shape index (κ3) is 6.87. The zero-order chi connectivity index (χ0) is 22.1. The third-order valence-electron chi connectivity index (χ3n) is 5.21. The van der Waals surface area contributed by atoms with Crippen LogP contribution < -0.4 is 5.32 Å². The quantitative estimate of drug-likeness (QED) is 0.594. The molecule has 162 valence electrons. The Morgan fingerprint density at radius 2 is 1.70 bits per heavy atom. The van der Waals surface area contributed by atoms with Gasteiger partial charge in [0.15, 0.2) is 0 Å². The molecule has 0 aliphatic heterocycles. The van der Waals surface area contributed by atoms with Gasteiger partial charge < -0.3 is 10.2 Å². The van der Waals surface area contributed by atoms with E-state index in [2.05, 4.69) is 5.32 Å². The first-order chi connectivity index (χ1) is 14.3. The van der Waals surface area contributed by atoms with E-state index in [1.54, 1.807) is 25.1 Å². The maximum Gasteiger partial charge on any atom is 0.242 e. The third-order valence-corrected chi connectivity index (χ3v) is 6.18. The number of carbonyl (C=O) groups is 2. The summed E-state index contributed by atoms with van der Waals surface area (Å²) in [5.41, 5.74) is 2.76. The fraction of sp³-hybridized carbons (Fsp3) is 0.417. The Balaban J connectivity index is 2.10. The number of hydrogen-bond donors (Lipinski definition) is 1. The molecule has 0 fully saturated rings. The molecule has 2 amide bonds. The number of amides is 2. The van der Waals surface area contributed by atoms with Crippen molar-refractivity contribution in [3.63, 3.8) is 0 Å². The van der Waals surface area contributed by atoms with E-state index in [-0.39, 0.29) is 36.0 Å². The Morgan fingerprint density at radius 1 is 1.07 bits per heavy atom. The lowest BCUT2D eigenvalue weighted by Crippen LogP contribution is -2.50. The van der Waals surface area contributed by atoms with Crippen molar-refractivity contribution in [3.8, 4) is 0 Å². The van der Waals surface area contributed by atoms with Crippen LogP contribution in [0.1, 0.15) is 43.9 Å². The summed E-state index contributed by atoms with van der Waals surface area (Å²) in [5.74, 6) is 0.155. The number of aryl methyl sites for hydroxylation is 1. The Labute approximate surface area is 183 Å². The summed E-state index contributed by atoms with van der Waals surface area (Å²) in [5, 5.41) is 2.92. The molecule has 0 saturated carbocycles. The van der Waals surface area contributed by atoms with Crippen LogP contribution >= 0.6 is 11.8 Å². The molecule has 2 aromatic carbocycles. The molecule has 30 heavy (non-hydrogen) atoms. The number of nitrogens with one attached hydrogen (secondary N) is 1. The van der Waals surface area contributed by atoms with Crippen LogP contribution in [-0.2, 0) is 21.9 Å². The van der Waals surface area contributed by atoms with Crippen LogP contribution in [0.2, 0.25) is 0 Å². The number of rotatable bonds is 10. The fourth-order valence-corrected chi connectivity index (χ4v) is 3.95. The van der Waals surface area contributed by atoms with E-state index < -0.39 is 6.04 Å². The van der Waals surface area contributed by atoms with Crippen LogP contribution in [0, 0.1) is 12.7 Å². The highest BCUT2D eigenvalue weighted by molar-refractivity contribution is 7.99. The number of carbonyl (C=O) groups excluding carboxylic acids is 2. The highest BCUT2D eigenvalue weighted by atomic mass is 32.2. The fourth-order valence-electron chi connectivity index (χ4n) is 2.96. The number of thioether (sulfide) groups is 1. The first-order valence-electron chi connectivity index (χ1n) is 10.3. The first kappa shape index (κ1) is 23.9. The maximum atomic E-state index is 14.2. The average Bonchev–Trinajstić information content (AvgIpc) is 2.73. The highest BCUT2D eigenvalue weighted by Crippen LogP contribution is 2.19. The summed E-state index contributed by atoms with van der Waals surface area (Å²) in [7, 11) is 0. The predicted octanol–water partition coefficient (Wildman–Crippen LogP) is 4.70. The van der Waals surface area contributed by atoms with Crippen molar-refractivity contribution in [2.75, 3.05) is 5.75 Å². The van der Waals surface area contributed by atoms with E-state index >= 15 is 0 Å². The van der Waals surface area contributed by atoms with E-state index in [9.17, 15) is 14.0 Å². The summed E-state index contributed by atoms with van der Waals surface area (Å²) >= 11 is 1.50. The van der Waals surface area contributed by atoms with Gasteiger partial charge in [-0.1, -0.05) is 49.4 Å². The van der Waals surface area contributed by atoms with Gasteiger partial charge in [0, 0.05) is 23.9 Å². The van der Waals surface area contributed by atoms with Gasteiger partial charge >= 0.3 is 0 Å². The van der Waals surface area contributed by atoms with Crippen molar-refractivity contribution in [2.24, 2.45) is 0 Å². The number of benzene rings is 2. The number of halogens is 1. The molecule has 0 aromatic heterocycles. The van der Waals surface area contributed by atoms with Gasteiger partial charge in [-0.05, 0) is 44.4 Å². The Morgan fingerprint density at radius 3 is 2.33 bits per heavy atom. The molecule has 4 nitrogen and oxygen atoms in total. The van der Waals surface area contributed by atoms with Crippen molar-refractivity contribution in [1.82, 2.24) is 10.2 Å². The van der Waals surface area contributed by atoms with Crippen molar-refractivity contribution < 1.29 is 14.0 Å². The summed E-state index contributed by atoms with van der Waals surface area (Å²) in [6.45, 7) is 7.71. The van der Waals surface area contributed by atoms with E-state index in [0.29, 0.717) is 11.3 Å². The van der Waals surface area contributed by atoms with Gasteiger partial charge in [0.25, 0.3) is 0 Å². The van der Waals surface area contributed by atoms with Gasteiger partial charge in [0.2, 0.25) is 11.8 Å². The second-order valence-electron chi connectivity index (χ2n) is 7.53. The standard InChI is InChI=1S/C24H31FN2O2S/c1-5-18(3)26-24(29)19(4)27(14-20-11-8-9-13-22(20)25)23(28)16-30-15-21-12-7-6-10-17(21)2/h6-13,18-19H,5,14-16H2,1-4H3,(H,26,29)/t18-,19-/m1/s1. The van der Waals surface area contributed by atoms with Crippen LogP contribution in [-0.4, -0.2) is 34.6 Å². The molecule has 1 N–H and O–H groups in total. The van der Waals surface area contributed by atoms with E-state index in [1.165, 1.54) is 33.9 Å². The minimum absolute atomic E-state index is 0.0146. The van der Waals surface area contributed by atoms with Crippen molar-refractivity contribution in [1.29, 1.82) is 0 Å². The molecule has 0 aliphatic rings. The zero-order valence-electron chi connectivity index (χ0n) is 18.2. The molecule has 0 aliphatic carbocycles. The number of hydrogen-bond acceptors (Lipinski definition) is 3. The Hall–Kier alpha value is -2.34. The smallest absolute Gasteiger partial charge is 0.242 e. The lowest BCUT2D eigenvalue weighted by Gasteiger charge is -2.29. The summed E-state index contributed by atoms with van der Waals surface area (Å²) in [4.78, 5) is 27.2. The lowest BCUT2D eigenvalue weighted by atomic mass is 10.1. The zero-order valence-corrected chi connectivity index (χ0v) is 19.0. The molecule has 0 spiro atoms. The van der Waals surface area contributed by atoms with Gasteiger partial charge in [-0.25, -0.2) is 4.39 Å². The normalized spacial score (nSPS) is 12.8. The Bertz CT molecular complexity index is 859. The first-order valence-corrected chi connectivity index (χ1v) is 11.4. The molecule has 0 bridgehead atoms. The van der Waals surface area contributed by atoms with Crippen LogP contribution in [0.5, 0.6) is 0 Å². The lowest BCUT2D eigenvalue weighted by molar-refractivity contribution is -0.139. The summed E-state index contributed by atoms with van der Waals surface area (Å²) in [6.07, 6.45) is 0.798. The molecule has 0 saturated heterocycles. The second-order valence-corrected chi connectivity index (χ2v) is 8.51. The molecule has 2 rings (SSSR count). The van der Waals surface area contributed by atoms with E-state index in [1.807, 2.05) is 45.0 Å². The van der Waals surface area contributed by atoms with Crippen LogP contribution in [0.15, 0.2) is 48.5 Å².